The molecule has 2 heterocycles. The van der Waals surface area contributed by atoms with Crippen LogP contribution >= 0.6 is 11.3 Å². The average Bonchev–Trinajstić information content (AvgIpc) is 3.08. The fourth-order valence-electron chi connectivity index (χ4n) is 2.28. The molecule has 0 saturated carbocycles. The number of para-hydroxylation sites is 1. The number of aromatic nitrogens is 1. The van der Waals surface area contributed by atoms with Crippen molar-refractivity contribution in [2.24, 2.45) is 0 Å². The van der Waals surface area contributed by atoms with E-state index in [1.54, 1.807) is 18.4 Å². The van der Waals surface area contributed by atoms with Gasteiger partial charge in [-0.3, -0.25) is 4.79 Å². The van der Waals surface area contributed by atoms with Crippen LogP contribution in [-0.4, -0.2) is 31.2 Å². The van der Waals surface area contributed by atoms with E-state index >= 15 is 0 Å². The normalized spacial score (nSPS) is 10.8. The molecule has 3 rings (SSSR count). The summed E-state index contributed by atoms with van der Waals surface area (Å²) in [6, 6.07) is 13.5. The third kappa shape index (κ3) is 3.00. The van der Waals surface area contributed by atoms with Gasteiger partial charge in [0.2, 0.25) is 0 Å². The number of amides is 1. The largest absolute Gasteiger partial charge is 0.383 e. The van der Waals surface area contributed by atoms with Gasteiger partial charge in [0.15, 0.2) is 0 Å². The Bertz CT molecular complexity index is 784. The van der Waals surface area contributed by atoms with Gasteiger partial charge >= 0.3 is 0 Å². The van der Waals surface area contributed by atoms with Crippen LogP contribution in [0.3, 0.4) is 0 Å². The Morgan fingerprint density at radius 3 is 2.91 bits per heavy atom. The first-order valence-corrected chi connectivity index (χ1v) is 7.88. The summed E-state index contributed by atoms with van der Waals surface area (Å²) >= 11 is 1.61. The molecule has 0 bridgehead atoms. The Morgan fingerprint density at radius 1 is 1.27 bits per heavy atom. The standard InChI is InChI=1S/C17H16N2O2S/c1-21-9-8-18-17(20)13-11-15(16-7-4-10-22-16)19-14-6-3-2-5-12(13)14/h2-7,10-11H,8-9H2,1H3,(H,18,20). The van der Waals surface area contributed by atoms with Gasteiger partial charge in [0.05, 0.1) is 28.3 Å². The monoisotopic (exact) mass is 312 g/mol. The number of thiophene rings is 1. The van der Waals surface area contributed by atoms with Crippen molar-refractivity contribution in [2.75, 3.05) is 20.3 Å². The van der Waals surface area contributed by atoms with Gasteiger partial charge in [-0.1, -0.05) is 24.3 Å². The molecule has 112 valence electrons. The minimum atomic E-state index is -0.103. The number of rotatable bonds is 5. The first-order valence-electron chi connectivity index (χ1n) is 7.00. The number of carbonyl (C=O) groups is 1. The van der Waals surface area contributed by atoms with Gasteiger partial charge < -0.3 is 10.1 Å². The first kappa shape index (κ1) is 14.7. The van der Waals surface area contributed by atoms with Crippen molar-refractivity contribution in [2.45, 2.75) is 0 Å². The van der Waals surface area contributed by atoms with Gasteiger partial charge in [-0.25, -0.2) is 4.98 Å². The molecule has 2 aromatic heterocycles. The van der Waals surface area contributed by atoms with Gasteiger partial charge in [-0.15, -0.1) is 11.3 Å². The van der Waals surface area contributed by atoms with E-state index in [-0.39, 0.29) is 5.91 Å². The van der Waals surface area contributed by atoms with E-state index in [0.717, 1.165) is 21.5 Å². The van der Waals surface area contributed by atoms with Gasteiger partial charge in [0.25, 0.3) is 5.91 Å². The third-order valence-electron chi connectivity index (χ3n) is 3.33. The SMILES string of the molecule is COCCNC(=O)c1cc(-c2cccs2)nc2ccccc12. The van der Waals surface area contributed by atoms with Crippen molar-refractivity contribution in [3.63, 3.8) is 0 Å². The number of hydrogen-bond acceptors (Lipinski definition) is 4. The number of ether oxygens (including phenoxy) is 1. The molecule has 5 heteroatoms. The Morgan fingerprint density at radius 2 is 2.14 bits per heavy atom. The highest BCUT2D eigenvalue weighted by molar-refractivity contribution is 7.13. The van der Waals surface area contributed by atoms with Crippen LogP contribution in [0.4, 0.5) is 0 Å². The molecule has 0 saturated heterocycles. The van der Waals surface area contributed by atoms with Gasteiger partial charge in [-0.2, -0.15) is 0 Å². The molecule has 1 amide bonds. The van der Waals surface area contributed by atoms with E-state index in [1.165, 1.54) is 0 Å². The Kier molecular flexibility index (Phi) is 4.46. The van der Waals surface area contributed by atoms with Crippen molar-refractivity contribution in [1.29, 1.82) is 0 Å². The first-order chi connectivity index (χ1) is 10.8. The minimum absolute atomic E-state index is 0.103. The van der Waals surface area contributed by atoms with Crippen molar-refractivity contribution in [3.8, 4) is 10.6 Å². The average molecular weight is 312 g/mol. The van der Waals surface area contributed by atoms with E-state index in [0.29, 0.717) is 18.7 Å². The zero-order valence-electron chi connectivity index (χ0n) is 12.2. The van der Waals surface area contributed by atoms with Crippen LogP contribution in [0.15, 0.2) is 47.8 Å². The molecular weight excluding hydrogens is 296 g/mol. The summed E-state index contributed by atoms with van der Waals surface area (Å²) in [5, 5.41) is 5.74. The zero-order valence-corrected chi connectivity index (χ0v) is 13.0. The summed E-state index contributed by atoms with van der Waals surface area (Å²) in [5.41, 5.74) is 2.29. The molecule has 0 aliphatic heterocycles. The number of carbonyl (C=O) groups excluding carboxylic acids is 1. The predicted octanol–water partition coefficient (Wildman–Crippen LogP) is 3.34. The molecule has 4 nitrogen and oxygen atoms in total. The summed E-state index contributed by atoms with van der Waals surface area (Å²) in [7, 11) is 1.61. The van der Waals surface area contributed by atoms with Crippen LogP contribution in [0.2, 0.25) is 0 Å². The van der Waals surface area contributed by atoms with E-state index in [4.69, 9.17) is 4.74 Å². The Balaban J connectivity index is 2.05. The number of pyridine rings is 1. The van der Waals surface area contributed by atoms with E-state index in [2.05, 4.69) is 10.3 Å². The second-order valence-corrected chi connectivity index (χ2v) is 5.75. The fourth-order valence-corrected chi connectivity index (χ4v) is 2.96. The molecule has 0 radical (unpaired) electrons. The molecule has 22 heavy (non-hydrogen) atoms. The van der Waals surface area contributed by atoms with Crippen LogP contribution in [-0.2, 0) is 4.74 Å². The fraction of sp³-hybridized carbons (Fsp3) is 0.176. The lowest BCUT2D eigenvalue weighted by Gasteiger charge is -2.09. The molecule has 0 aliphatic rings. The predicted molar refractivity (Wildman–Crippen MR) is 89.3 cm³/mol. The highest BCUT2D eigenvalue weighted by Crippen LogP contribution is 2.27. The molecule has 0 fully saturated rings. The maximum atomic E-state index is 12.5. The molecule has 1 aromatic carbocycles. The van der Waals surface area contributed by atoms with E-state index in [9.17, 15) is 4.79 Å². The van der Waals surface area contributed by atoms with Crippen LogP contribution < -0.4 is 5.32 Å². The highest BCUT2D eigenvalue weighted by Gasteiger charge is 2.13. The van der Waals surface area contributed by atoms with Crippen molar-refractivity contribution >= 4 is 28.1 Å². The lowest BCUT2D eigenvalue weighted by molar-refractivity contribution is 0.0938. The second kappa shape index (κ2) is 6.68. The lowest BCUT2D eigenvalue weighted by atomic mass is 10.1. The van der Waals surface area contributed by atoms with E-state index < -0.39 is 0 Å². The third-order valence-corrected chi connectivity index (χ3v) is 4.22. The molecule has 0 unspecified atom stereocenters. The summed E-state index contributed by atoms with van der Waals surface area (Å²) in [6.07, 6.45) is 0. The second-order valence-electron chi connectivity index (χ2n) is 4.80. The molecule has 3 aromatic rings. The molecule has 0 aliphatic carbocycles. The highest BCUT2D eigenvalue weighted by atomic mass is 32.1. The maximum absolute atomic E-state index is 12.5. The maximum Gasteiger partial charge on any atom is 0.252 e. The quantitative estimate of drug-likeness (QED) is 0.735. The smallest absolute Gasteiger partial charge is 0.252 e. The van der Waals surface area contributed by atoms with Crippen molar-refractivity contribution in [3.05, 3.63) is 53.4 Å². The van der Waals surface area contributed by atoms with Crippen LogP contribution in [0.5, 0.6) is 0 Å². The van der Waals surface area contributed by atoms with Crippen LogP contribution in [0, 0.1) is 0 Å². The molecule has 0 atom stereocenters. The van der Waals surface area contributed by atoms with Crippen LogP contribution in [0.25, 0.3) is 21.5 Å². The summed E-state index contributed by atoms with van der Waals surface area (Å²) < 4.78 is 4.97. The summed E-state index contributed by atoms with van der Waals surface area (Å²) in [4.78, 5) is 18.2. The molecule has 1 N–H and O–H groups in total. The zero-order chi connectivity index (χ0) is 15.4. The summed E-state index contributed by atoms with van der Waals surface area (Å²) in [5.74, 6) is -0.103. The number of fused-ring (bicyclic) bond motifs is 1. The number of nitrogens with zero attached hydrogens (tertiary/aromatic N) is 1. The number of methoxy groups -OCH3 is 1. The topological polar surface area (TPSA) is 51.2 Å². The minimum Gasteiger partial charge on any atom is -0.383 e. The number of benzene rings is 1. The van der Waals surface area contributed by atoms with Crippen molar-refractivity contribution < 1.29 is 9.53 Å². The molecule has 0 spiro atoms. The van der Waals surface area contributed by atoms with Gasteiger partial charge in [0.1, 0.15) is 0 Å². The lowest BCUT2D eigenvalue weighted by Crippen LogP contribution is -2.27. The van der Waals surface area contributed by atoms with Crippen molar-refractivity contribution in [1.82, 2.24) is 10.3 Å². The van der Waals surface area contributed by atoms with Gasteiger partial charge in [-0.05, 0) is 23.6 Å². The van der Waals surface area contributed by atoms with Gasteiger partial charge in [0, 0.05) is 19.0 Å². The summed E-state index contributed by atoms with van der Waals surface area (Å²) in [6.45, 7) is 0.979. The molecular formula is C17H16N2O2S. The van der Waals surface area contributed by atoms with E-state index in [1.807, 2.05) is 47.8 Å². The number of nitrogens with one attached hydrogen (secondary N) is 1. The Labute approximate surface area is 132 Å². The number of hydrogen-bond donors (Lipinski definition) is 1. The Hall–Kier alpha value is -2.24. The van der Waals surface area contributed by atoms with Crippen LogP contribution in [0.1, 0.15) is 10.4 Å².